The maximum Gasteiger partial charge on any atom is 0.253 e. The molecule has 4 aromatic rings. The minimum Gasteiger partial charge on any atom is -0.397 e. The third-order valence-electron chi connectivity index (χ3n) is 6.25. The highest BCUT2D eigenvalue weighted by Crippen LogP contribution is 2.24. The number of hydrogen-bond donors (Lipinski definition) is 4. The van der Waals surface area contributed by atoms with Gasteiger partial charge in [-0.2, -0.15) is 0 Å². The normalized spacial score (nSPS) is 14.4. The lowest BCUT2D eigenvalue weighted by molar-refractivity contribution is 0.0949. The molecule has 0 aliphatic carbocycles. The number of hydrogen-bond acceptors (Lipinski definition) is 5. The van der Waals surface area contributed by atoms with Crippen LogP contribution in [-0.2, 0) is 19.4 Å². The molecule has 8 heteroatoms. The van der Waals surface area contributed by atoms with E-state index in [0.29, 0.717) is 30.9 Å². The fourth-order valence-electron chi connectivity index (χ4n) is 4.54. The first kappa shape index (κ1) is 22.5. The van der Waals surface area contributed by atoms with Gasteiger partial charge in [0.15, 0.2) is 0 Å². The van der Waals surface area contributed by atoms with E-state index in [9.17, 15) is 9.59 Å². The minimum absolute atomic E-state index is 0.00106. The average molecular weight is 469 g/mol. The molecule has 0 saturated heterocycles. The van der Waals surface area contributed by atoms with Crippen LogP contribution in [0.15, 0.2) is 66.7 Å². The number of carbonyl (C=O) groups excluding carboxylic acids is 2. The molecule has 0 fully saturated rings. The van der Waals surface area contributed by atoms with Crippen LogP contribution in [0.4, 0.5) is 11.4 Å². The molecule has 0 atom stereocenters. The first-order valence-corrected chi connectivity index (χ1v) is 11.8. The summed E-state index contributed by atoms with van der Waals surface area (Å²) in [6, 6.07) is 21.5. The van der Waals surface area contributed by atoms with Crippen LogP contribution in [0.5, 0.6) is 0 Å². The van der Waals surface area contributed by atoms with Gasteiger partial charge in [-0.15, -0.1) is 0 Å². The fraction of sp³-hybridized carbons (Fsp3) is 0.222. The molecule has 2 amide bonds. The van der Waals surface area contributed by atoms with E-state index in [-0.39, 0.29) is 11.8 Å². The lowest BCUT2D eigenvalue weighted by Gasteiger charge is -2.07. The summed E-state index contributed by atoms with van der Waals surface area (Å²) in [5, 5.41) is 8.84. The Kier molecular flexibility index (Phi) is 6.34. The van der Waals surface area contributed by atoms with Crippen LogP contribution in [0.3, 0.4) is 0 Å². The maximum atomic E-state index is 12.1. The number of benzene rings is 3. The zero-order valence-corrected chi connectivity index (χ0v) is 19.4. The number of aromatic nitrogens is 2. The Bertz CT molecular complexity index is 1380. The van der Waals surface area contributed by atoms with Crippen molar-refractivity contribution in [2.45, 2.75) is 19.4 Å². The van der Waals surface area contributed by atoms with Gasteiger partial charge in [0.2, 0.25) is 0 Å². The number of rotatable bonds is 3. The quantitative estimate of drug-likeness (QED) is 0.345. The van der Waals surface area contributed by atoms with Crippen molar-refractivity contribution in [1.82, 2.24) is 20.2 Å². The van der Waals surface area contributed by atoms with Crippen molar-refractivity contribution in [2.24, 2.45) is 0 Å². The van der Waals surface area contributed by atoms with Gasteiger partial charge in [-0.25, -0.2) is 4.98 Å². The van der Waals surface area contributed by atoms with Gasteiger partial charge in [-0.1, -0.05) is 42.5 Å². The summed E-state index contributed by atoms with van der Waals surface area (Å²) in [5.74, 6) is 0.994. The maximum absolute atomic E-state index is 12.1. The Morgan fingerprint density at radius 3 is 2.34 bits per heavy atom. The molecule has 35 heavy (non-hydrogen) atoms. The number of nitrogen functional groups attached to an aromatic ring is 1. The van der Waals surface area contributed by atoms with Crippen molar-refractivity contribution in [3.8, 4) is 0 Å². The summed E-state index contributed by atoms with van der Waals surface area (Å²) < 4.78 is 2.20. The van der Waals surface area contributed by atoms with E-state index in [0.717, 1.165) is 47.5 Å². The Morgan fingerprint density at radius 1 is 0.771 bits per heavy atom. The molecule has 6 rings (SSSR count). The molecule has 0 radical (unpaired) electrons. The van der Waals surface area contributed by atoms with Crippen LogP contribution in [0.25, 0.3) is 11.0 Å². The van der Waals surface area contributed by atoms with Crippen LogP contribution < -0.4 is 21.7 Å². The van der Waals surface area contributed by atoms with Crippen LogP contribution in [0, 0.1) is 0 Å². The van der Waals surface area contributed by atoms with Gasteiger partial charge < -0.3 is 26.3 Å². The number of nitrogens with zero attached hydrogens (tertiary/aromatic N) is 2. The molecule has 3 heterocycles. The van der Waals surface area contributed by atoms with Crippen molar-refractivity contribution in [2.75, 3.05) is 30.7 Å². The number of aryl methyl sites for hydroxylation is 2. The second-order valence-electron chi connectivity index (χ2n) is 8.55. The van der Waals surface area contributed by atoms with Gasteiger partial charge in [0.1, 0.15) is 5.82 Å². The number of amides is 2. The number of carbonyl (C=O) groups is 2. The van der Waals surface area contributed by atoms with E-state index < -0.39 is 0 Å². The lowest BCUT2D eigenvalue weighted by atomic mass is 10.1. The molecular formula is C27H28N6O2. The molecular weight excluding hydrogens is 440 g/mol. The van der Waals surface area contributed by atoms with Crippen molar-refractivity contribution in [3.05, 3.63) is 89.2 Å². The molecule has 178 valence electrons. The highest BCUT2D eigenvalue weighted by atomic mass is 16.2. The van der Waals surface area contributed by atoms with Gasteiger partial charge in [0.05, 0.1) is 33.5 Å². The predicted molar refractivity (Wildman–Crippen MR) is 138 cm³/mol. The van der Waals surface area contributed by atoms with Gasteiger partial charge in [0, 0.05) is 32.6 Å². The fourth-order valence-corrected chi connectivity index (χ4v) is 4.54. The molecule has 2 aliphatic heterocycles. The van der Waals surface area contributed by atoms with E-state index in [1.165, 1.54) is 5.56 Å². The minimum atomic E-state index is -0.0627. The highest BCUT2D eigenvalue weighted by molar-refractivity contribution is 6.05. The van der Waals surface area contributed by atoms with E-state index in [2.05, 4.69) is 44.8 Å². The zero-order chi connectivity index (χ0) is 24.2. The number of fused-ring (bicyclic) bond motifs is 1. The van der Waals surface area contributed by atoms with Crippen molar-refractivity contribution in [3.63, 3.8) is 0 Å². The van der Waals surface area contributed by atoms with Gasteiger partial charge in [-0.3, -0.25) is 9.59 Å². The van der Waals surface area contributed by atoms with E-state index >= 15 is 0 Å². The Hall–Kier alpha value is -4.33. The van der Waals surface area contributed by atoms with Gasteiger partial charge in [0.25, 0.3) is 11.8 Å². The summed E-state index contributed by atoms with van der Waals surface area (Å²) in [6.45, 7) is 2.78. The van der Waals surface area contributed by atoms with Crippen LogP contribution in [0.2, 0.25) is 0 Å². The summed E-state index contributed by atoms with van der Waals surface area (Å²) in [4.78, 5) is 28.3. The number of imidazole rings is 1. The van der Waals surface area contributed by atoms with Crippen LogP contribution >= 0.6 is 0 Å². The molecule has 0 spiro atoms. The molecule has 8 nitrogen and oxygen atoms in total. The van der Waals surface area contributed by atoms with Gasteiger partial charge >= 0.3 is 0 Å². The van der Waals surface area contributed by atoms with E-state index in [1.807, 2.05) is 24.3 Å². The SMILES string of the molecule is Nc1cccc2c1NCCNC2=O.O=C1NCCn2c(CCc3ccccc3)nc3cccc1c32. The topological polar surface area (TPSA) is 114 Å². The molecule has 5 N–H and O–H groups in total. The lowest BCUT2D eigenvalue weighted by Crippen LogP contribution is -2.24. The summed E-state index contributed by atoms with van der Waals surface area (Å²) >= 11 is 0. The third kappa shape index (κ3) is 4.68. The second-order valence-corrected chi connectivity index (χ2v) is 8.55. The van der Waals surface area contributed by atoms with Gasteiger partial charge in [-0.05, 0) is 36.2 Å². The molecule has 0 saturated carbocycles. The first-order chi connectivity index (χ1) is 17.1. The Morgan fingerprint density at radius 2 is 1.49 bits per heavy atom. The number of para-hydroxylation sites is 2. The standard InChI is InChI=1S/C18H17N3O.C9H11N3O/c22-18-14-7-4-8-15-17(14)21(12-11-19-18)16(20-15)10-9-13-5-2-1-3-6-13;10-7-3-1-2-6-8(7)11-4-5-12-9(6)13/h1-8H,9-12H2,(H,19,22);1-3,11H,4-5,10H2,(H,12,13). The third-order valence-corrected chi connectivity index (χ3v) is 6.25. The summed E-state index contributed by atoms with van der Waals surface area (Å²) in [7, 11) is 0. The number of anilines is 2. The van der Waals surface area contributed by atoms with E-state index in [1.54, 1.807) is 18.2 Å². The predicted octanol–water partition coefficient (Wildman–Crippen LogP) is 2.99. The second kappa shape index (κ2) is 9.89. The van der Waals surface area contributed by atoms with Crippen molar-refractivity contribution >= 4 is 34.2 Å². The molecule has 2 aliphatic rings. The molecule has 0 bridgehead atoms. The molecule has 1 aromatic heterocycles. The number of nitrogens with two attached hydrogens (primary N) is 1. The van der Waals surface area contributed by atoms with Crippen molar-refractivity contribution in [1.29, 1.82) is 0 Å². The Balaban J connectivity index is 0.000000166. The summed E-state index contributed by atoms with van der Waals surface area (Å²) in [6.07, 6.45) is 1.84. The first-order valence-electron chi connectivity index (χ1n) is 11.8. The monoisotopic (exact) mass is 468 g/mol. The Labute approximate surface area is 203 Å². The number of nitrogens with one attached hydrogen (secondary N) is 3. The largest absolute Gasteiger partial charge is 0.397 e. The molecule has 0 unspecified atom stereocenters. The zero-order valence-electron chi connectivity index (χ0n) is 19.4. The molecule has 3 aromatic carbocycles. The van der Waals surface area contributed by atoms with Crippen LogP contribution in [0.1, 0.15) is 32.1 Å². The van der Waals surface area contributed by atoms with Crippen LogP contribution in [-0.4, -0.2) is 41.0 Å². The van der Waals surface area contributed by atoms with E-state index in [4.69, 9.17) is 10.7 Å². The highest BCUT2D eigenvalue weighted by Gasteiger charge is 2.20. The average Bonchev–Trinajstić information content (AvgIpc) is 2.99. The van der Waals surface area contributed by atoms with Crippen molar-refractivity contribution < 1.29 is 9.59 Å². The summed E-state index contributed by atoms with van der Waals surface area (Å²) in [5.41, 5.74) is 11.6. The smallest absolute Gasteiger partial charge is 0.253 e.